The summed E-state index contributed by atoms with van der Waals surface area (Å²) >= 11 is 3.37. The maximum absolute atomic E-state index is 9.66. The standard InChI is InChI=1S/C10H11BrN2O2/c1-5-13-8-3-7(11)6(9(14)4-12)2-10(8)15-5/h2-3,9,14H,4,12H2,1H3. The molecule has 0 bridgehead atoms. The number of aliphatic hydroxyl groups excluding tert-OH is 1. The Morgan fingerprint density at radius 2 is 2.33 bits per heavy atom. The van der Waals surface area contributed by atoms with Crippen LogP contribution in [0.25, 0.3) is 11.1 Å². The number of oxazole rings is 1. The molecule has 3 N–H and O–H groups in total. The third-order valence-corrected chi connectivity index (χ3v) is 2.88. The molecule has 0 aliphatic heterocycles. The van der Waals surface area contributed by atoms with Gasteiger partial charge < -0.3 is 15.3 Å². The minimum absolute atomic E-state index is 0.178. The van der Waals surface area contributed by atoms with Crippen molar-refractivity contribution in [1.29, 1.82) is 0 Å². The second-order valence-corrected chi connectivity index (χ2v) is 4.18. The lowest BCUT2D eigenvalue weighted by atomic mass is 10.1. The molecule has 1 aromatic heterocycles. The lowest BCUT2D eigenvalue weighted by Crippen LogP contribution is -2.11. The zero-order valence-corrected chi connectivity index (χ0v) is 9.78. The summed E-state index contributed by atoms with van der Waals surface area (Å²) < 4.78 is 6.17. The summed E-state index contributed by atoms with van der Waals surface area (Å²) in [5, 5.41) is 9.66. The molecule has 1 unspecified atom stereocenters. The van der Waals surface area contributed by atoms with Gasteiger partial charge in [0.25, 0.3) is 0 Å². The summed E-state index contributed by atoms with van der Waals surface area (Å²) in [4.78, 5) is 4.19. The van der Waals surface area contributed by atoms with E-state index in [1.165, 1.54) is 0 Å². The van der Waals surface area contributed by atoms with E-state index in [1.54, 1.807) is 13.0 Å². The van der Waals surface area contributed by atoms with Gasteiger partial charge in [0, 0.05) is 17.9 Å². The highest BCUT2D eigenvalue weighted by molar-refractivity contribution is 9.10. The molecule has 15 heavy (non-hydrogen) atoms. The second-order valence-electron chi connectivity index (χ2n) is 3.33. The van der Waals surface area contributed by atoms with E-state index in [9.17, 15) is 5.11 Å². The Labute approximate surface area is 95.2 Å². The van der Waals surface area contributed by atoms with Crippen LogP contribution in [0.5, 0.6) is 0 Å². The Kier molecular flexibility index (Phi) is 2.77. The maximum atomic E-state index is 9.66. The molecule has 1 aromatic carbocycles. The lowest BCUT2D eigenvalue weighted by Gasteiger charge is -2.09. The molecule has 0 saturated carbocycles. The van der Waals surface area contributed by atoms with Crippen molar-refractivity contribution in [3.8, 4) is 0 Å². The van der Waals surface area contributed by atoms with Crippen molar-refractivity contribution in [2.75, 3.05) is 6.54 Å². The first kappa shape index (κ1) is 10.6. The van der Waals surface area contributed by atoms with Crippen molar-refractivity contribution in [2.45, 2.75) is 13.0 Å². The predicted octanol–water partition coefficient (Wildman–Crippen LogP) is 1.89. The van der Waals surface area contributed by atoms with Gasteiger partial charge in [-0.05, 0) is 17.7 Å². The third-order valence-electron chi connectivity index (χ3n) is 2.20. The number of hydrogen-bond acceptors (Lipinski definition) is 4. The van der Waals surface area contributed by atoms with E-state index in [0.29, 0.717) is 11.5 Å². The minimum Gasteiger partial charge on any atom is -0.441 e. The predicted molar refractivity (Wildman–Crippen MR) is 60.5 cm³/mol. The Hall–Kier alpha value is -0.910. The van der Waals surface area contributed by atoms with E-state index >= 15 is 0 Å². The molecule has 4 nitrogen and oxygen atoms in total. The second kappa shape index (κ2) is 3.92. The van der Waals surface area contributed by atoms with Gasteiger partial charge >= 0.3 is 0 Å². The van der Waals surface area contributed by atoms with Gasteiger partial charge in [0.1, 0.15) is 5.52 Å². The summed E-state index contributed by atoms with van der Waals surface area (Å²) in [7, 11) is 0. The molecular formula is C10H11BrN2O2. The highest BCUT2D eigenvalue weighted by Crippen LogP contribution is 2.28. The van der Waals surface area contributed by atoms with Crippen LogP contribution < -0.4 is 5.73 Å². The molecule has 2 aromatic rings. The summed E-state index contributed by atoms with van der Waals surface area (Å²) in [6.07, 6.45) is -0.686. The number of aromatic nitrogens is 1. The number of halogens is 1. The Morgan fingerprint density at radius 3 is 3.00 bits per heavy atom. The fourth-order valence-electron chi connectivity index (χ4n) is 1.46. The van der Waals surface area contributed by atoms with E-state index < -0.39 is 6.10 Å². The molecule has 80 valence electrons. The average Bonchev–Trinajstić information content (AvgIpc) is 2.55. The van der Waals surface area contributed by atoms with Gasteiger partial charge in [-0.2, -0.15) is 0 Å². The van der Waals surface area contributed by atoms with Crippen LogP contribution in [0.2, 0.25) is 0 Å². The smallest absolute Gasteiger partial charge is 0.192 e. The van der Waals surface area contributed by atoms with Crippen molar-refractivity contribution < 1.29 is 9.52 Å². The summed E-state index contributed by atoms with van der Waals surface area (Å²) in [6, 6.07) is 3.58. The number of fused-ring (bicyclic) bond motifs is 1. The maximum Gasteiger partial charge on any atom is 0.192 e. The molecule has 1 atom stereocenters. The number of aliphatic hydroxyl groups is 1. The molecule has 0 fully saturated rings. The van der Waals surface area contributed by atoms with Crippen LogP contribution in [0, 0.1) is 6.92 Å². The molecule has 0 aliphatic rings. The summed E-state index contributed by atoms with van der Waals surface area (Å²) in [5.74, 6) is 0.608. The number of nitrogens with two attached hydrogens (primary N) is 1. The van der Waals surface area contributed by atoms with Crippen molar-refractivity contribution in [1.82, 2.24) is 4.98 Å². The van der Waals surface area contributed by atoms with Crippen LogP contribution in [0.3, 0.4) is 0 Å². The summed E-state index contributed by atoms with van der Waals surface area (Å²) in [5.41, 5.74) is 7.56. The minimum atomic E-state index is -0.686. The molecule has 0 radical (unpaired) electrons. The SMILES string of the molecule is Cc1nc2cc(Br)c(C(O)CN)cc2o1. The molecular weight excluding hydrogens is 260 g/mol. The first-order valence-electron chi connectivity index (χ1n) is 4.56. The molecule has 0 aliphatic carbocycles. The van der Waals surface area contributed by atoms with Gasteiger partial charge in [-0.15, -0.1) is 0 Å². The molecule has 0 saturated heterocycles. The quantitative estimate of drug-likeness (QED) is 0.874. The number of benzene rings is 1. The fourth-order valence-corrected chi connectivity index (χ4v) is 2.06. The highest BCUT2D eigenvalue weighted by atomic mass is 79.9. The normalized spacial score (nSPS) is 13.3. The Balaban J connectivity index is 2.60. The van der Waals surface area contributed by atoms with Gasteiger partial charge in [-0.3, -0.25) is 0 Å². The van der Waals surface area contributed by atoms with Gasteiger partial charge in [0.2, 0.25) is 0 Å². The van der Waals surface area contributed by atoms with Crippen molar-refractivity contribution >= 4 is 27.0 Å². The lowest BCUT2D eigenvalue weighted by molar-refractivity contribution is 0.186. The fraction of sp³-hybridized carbons (Fsp3) is 0.300. The van der Waals surface area contributed by atoms with Gasteiger partial charge in [0.15, 0.2) is 11.5 Å². The monoisotopic (exact) mass is 270 g/mol. The van der Waals surface area contributed by atoms with Crippen LogP contribution in [-0.2, 0) is 0 Å². The molecule has 5 heteroatoms. The van der Waals surface area contributed by atoms with E-state index in [2.05, 4.69) is 20.9 Å². The van der Waals surface area contributed by atoms with Crippen LogP contribution in [0.15, 0.2) is 21.0 Å². The average molecular weight is 271 g/mol. The van der Waals surface area contributed by atoms with E-state index in [4.69, 9.17) is 10.2 Å². The van der Waals surface area contributed by atoms with Crippen LogP contribution in [0.1, 0.15) is 17.6 Å². The molecule has 0 amide bonds. The van der Waals surface area contributed by atoms with Gasteiger partial charge in [-0.25, -0.2) is 4.98 Å². The van der Waals surface area contributed by atoms with E-state index in [0.717, 1.165) is 15.6 Å². The van der Waals surface area contributed by atoms with Gasteiger partial charge in [0.05, 0.1) is 6.10 Å². The molecule has 2 rings (SSSR count). The Morgan fingerprint density at radius 1 is 1.60 bits per heavy atom. The first-order valence-corrected chi connectivity index (χ1v) is 5.36. The van der Waals surface area contributed by atoms with Crippen LogP contribution in [0.4, 0.5) is 0 Å². The van der Waals surface area contributed by atoms with Crippen molar-refractivity contribution in [3.63, 3.8) is 0 Å². The van der Waals surface area contributed by atoms with Crippen LogP contribution >= 0.6 is 15.9 Å². The summed E-state index contributed by atoms with van der Waals surface area (Å²) in [6.45, 7) is 1.96. The number of rotatable bonds is 2. The number of aryl methyl sites for hydroxylation is 1. The first-order chi connectivity index (χ1) is 7.11. The van der Waals surface area contributed by atoms with E-state index in [1.807, 2.05) is 6.07 Å². The zero-order valence-electron chi connectivity index (χ0n) is 8.20. The van der Waals surface area contributed by atoms with Crippen LogP contribution in [-0.4, -0.2) is 16.6 Å². The Bertz CT molecular complexity index is 495. The highest BCUT2D eigenvalue weighted by Gasteiger charge is 2.13. The number of hydrogen-bond donors (Lipinski definition) is 2. The van der Waals surface area contributed by atoms with Crippen molar-refractivity contribution in [3.05, 3.63) is 28.1 Å². The molecule has 0 spiro atoms. The zero-order chi connectivity index (χ0) is 11.0. The van der Waals surface area contributed by atoms with Crippen molar-refractivity contribution in [2.24, 2.45) is 5.73 Å². The van der Waals surface area contributed by atoms with E-state index in [-0.39, 0.29) is 6.54 Å². The van der Waals surface area contributed by atoms with Gasteiger partial charge in [-0.1, -0.05) is 15.9 Å². The third kappa shape index (κ3) is 1.90. The topological polar surface area (TPSA) is 72.3 Å². The largest absolute Gasteiger partial charge is 0.441 e. The molecule has 1 heterocycles. The number of nitrogens with zero attached hydrogens (tertiary/aromatic N) is 1.